The number of rotatable bonds is 47. The summed E-state index contributed by atoms with van der Waals surface area (Å²) in [7, 11) is 0. The molecular weight excluding hydrogens is 1070 g/mol. The molecule has 3 fully saturated rings. The molecule has 3 aliphatic rings. The fourth-order valence-corrected chi connectivity index (χ4v) is 10.6. The zero-order valence-electron chi connectivity index (χ0n) is 50.4. The molecule has 0 aliphatic carbocycles. The minimum atomic E-state index is -1.99. The van der Waals surface area contributed by atoms with E-state index >= 15 is 0 Å². The molecule has 83 heavy (non-hydrogen) atoms. The number of carbonyl (C=O) groups is 1. The first-order valence-electron chi connectivity index (χ1n) is 32.0. The van der Waals surface area contributed by atoms with Crippen LogP contribution in [0.5, 0.6) is 0 Å². The van der Waals surface area contributed by atoms with Gasteiger partial charge in [0.2, 0.25) is 5.91 Å². The Balaban J connectivity index is 1.46. The van der Waals surface area contributed by atoms with E-state index in [1.54, 1.807) is 6.08 Å². The molecule has 482 valence electrons. The van der Waals surface area contributed by atoms with Crippen LogP contribution in [-0.4, -0.2) is 193 Å². The first-order valence-corrected chi connectivity index (χ1v) is 32.0. The summed E-state index contributed by atoms with van der Waals surface area (Å²) in [5.74, 6) is -0.356. The fraction of sp³-hybridized carbons (Fsp3) is 0.828. The number of allylic oxidation sites excluding steroid dienone is 9. The molecule has 0 aromatic rings. The molecule has 19 nitrogen and oxygen atoms in total. The van der Waals surface area contributed by atoms with E-state index in [2.05, 4.69) is 55.6 Å². The maximum Gasteiger partial charge on any atom is 0.220 e. The largest absolute Gasteiger partial charge is 0.394 e. The van der Waals surface area contributed by atoms with E-state index in [-0.39, 0.29) is 18.9 Å². The van der Waals surface area contributed by atoms with Crippen molar-refractivity contribution in [2.45, 2.75) is 311 Å². The number of amides is 1. The molecule has 12 N–H and O–H groups in total. The second-order valence-electron chi connectivity index (χ2n) is 22.8. The van der Waals surface area contributed by atoms with Gasteiger partial charge in [-0.3, -0.25) is 4.79 Å². The van der Waals surface area contributed by atoms with Crippen LogP contribution < -0.4 is 5.32 Å². The van der Waals surface area contributed by atoms with Crippen LogP contribution in [0.4, 0.5) is 0 Å². The van der Waals surface area contributed by atoms with E-state index in [4.69, 9.17) is 28.4 Å². The molecule has 0 aromatic heterocycles. The van der Waals surface area contributed by atoms with Gasteiger partial charge >= 0.3 is 0 Å². The molecule has 3 heterocycles. The van der Waals surface area contributed by atoms with Crippen molar-refractivity contribution in [1.29, 1.82) is 0 Å². The SMILES string of the molecule is CC/C=C\C/C=C\C/C=C\C/C=C\CCC(=O)NC(COC1OC(CO)C(OC2OC(CO)C(OC3OC(CO)C(O)C(O)C3O)C(O)C2O)C(O)C1O)C(O)/C=C/CCCCCCCCCCCCCCCCCCCCCCCCC. The van der Waals surface area contributed by atoms with E-state index in [1.807, 2.05) is 18.2 Å². The van der Waals surface area contributed by atoms with Crippen LogP contribution in [0, 0.1) is 0 Å². The van der Waals surface area contributed by atoms with Crippen LogP contribution in [0.1, 0.15) is 206 Å². The standard InChI is InChI=1S/C64H113NO18/c1-3-5-7-9-11-13-15-17-18-19-20-21-22-23-24-25-26-27-28-30-31-33-35-37-39-41-48(69)47(65-52(70)42-40-38-36-34-32-29-16-14-12-10-8-6-4-2)46-78-62-58(76)55(73)60(50(44-67)80-62)83-64-59(77)56(74)61(51(45-68)81-64)82-63-57(75)54(72)53(71)49(43-66)79-63/h6,8,12,14,29,32,36,38-39,41,47-51,53-64,66-69,71-77H,3-5,7,9-11,13,15-28,30-31,33-35,37,40,42-46H2,1-2H3,(H,65,70)/b8-6-,14-12-,32-29-,38-36-,41-39+. The third-order valence-electron chi connectivity index (χ3n) is 15.8. The quantitative estimate of drug-likeness (QED) is 0.0220. The predicted octanol–water partition coefficient (Wildman–Crippen LogP) is 6.82. The van der Waals surface area contributed by atoms with Crippen LogP contribution in [0.3, 0.4) is 0 Å². The summed E-state index contributed by atoms with van der Waals surface area (Å²) in [4.78, 5) is 13.3. The van der Waals surface area contributed by atoms with Crippen molar-refractivity contribution in [3.63, 3.8) is 0 Å². The summed E-state index contributed by atoms with van der Waals surface area (Å²) in [5.41, 5.74) is 0. The summed E-state index contributed by atoms with van der Waals surface area (Å²) in [5, 5.41) is 120. The van der Waals surface area contributed by atoms with Crippen molar-refractivity contribution < 1.29 is 89.4 Å². The van der Waals surface area contributed by atoms with Gasteiger partial charge in [-0.25, -0.2) is 0 Å². The van der Waals surface area contributed by atoms with Crippen molar-refractivity contribution in [3.8, 4) is 0 Å². The number of hydrogen-bond donors (Lipinski definition) is 12. The van der Waals surface area contributed by atoms with E-state index < -0.39 is 124 Å². The van der Waals surface area contributed by atoms with Crippen LogP contribution in [-0.2, 0) is 33.2 Å². The van der Waals surface area contributed by atoms with Gasteiger partial charge in [0.1, 0.15) is 73.2 Å². The van der Waals surface area contributed by atoms with Crippen molar-refractivity contribution in [3.05, 3.63) is 60.8 Å². The topological polar surface area (TPSA) is 307 Å². The number of hydrogen-bond acceptors (Lipinski definition) is 18. The monoisotopic (exact) mass is 1180 g/mol. The molecule has 17 atom stereocenters. The first kappa shape index (κ1) is 74.7. The van der Waals surface area contributed by atoms with Gasteiger partial charge in [0, 0.05) is 6.42 Å². The maximum absolute atomic E-state index is 13.3. The Hall–Kier alpha value is -2.51. The van der Waals surface area contributed by atoms with E-state index in [0.29, 0.717) is 12.8 Å². The highest BCUT2D eigenvalue weighted by Crippen LogP contribution is 2.33. The number of nitrogens with one attached hydrogen (secondary N) is 1. The lowest BCUT2D eigenvalue weighted by Crippen LogP contribution is -2.66. The molecule has 17 unspecified atom stereocenters. The molecule has 19 heteroatoms. The molecule has 1 amide bonds. The highest BCUT2D eigenvalue weighted by atomic mass is 16.8. The average molecular weight is 1180 g/mol. The number of aliphatic hydroxyl groups excluding tert-OH is 11. The molecule has 3 rings (SSSR count). The van der Waals surface area contributed by atoms with Crippen molar-refractivity contribution in [2.24, 2.45) is 0 Å². The highest BCUT2D eigenvalue weighted by Gasteiger charge is 2.53. The Kier molecular flexibility index (Phi) is 42.0. The molecule has 3 saturated heterocycles. The fourth-order valence-electron chi connectivity index (χ4n) is 10.6. The molecule has 3 aliphatic heterocycles. The number of unbranched alkanes of at least 4 members (excludes halogenated alkanes) is 23. The van der Waals surface area contributed by atoms with Crippen LogP contribution >= 0.6 is 0 Å². The Labute approximate surface area is 496 Å². The minimum Gasteiger partial charge on any atom is -0.394 e. The van der Waals surface area contributed by atoms with Gasteiger partial charge in [0.25, 0.3) is 0 Å². The molecule has 0 radical (unpaired) electrons. The summed E-state index contributed by atoms with van der Waals surface area (Å²) < 4.78 is 34.2. The third-order valence-corrected chi connectivity index (χ3v) is 15.8. The first-order chi connectivity index (χ1) is 40.3. The van der Waals surface area contributed by atoms with Crippen LogP contribution in [0.15, 0.2) is 60.8 Å². The third kappa shape index (κ3) is 29.8. The van der Waals surface area contributed by atoms with E-state index in [9.17, 15) is 61.0 Å². The van der Waals surface area contributed by atoms with E-state index in [0.717, 1.165) is 44.9 Å². The summed E-state index contributed by atoms with van der Waals surface area (Å²) >= 11 is 0. The summed E-state index contributed by atoms with van der Waals surface area (Å²) in [6.07, 6.45) is 28.1. The molecule has 0 aromatic carbocycles. The van der Waals surface area contributed by atoms with Gasteiger partial charge in [-0.1, -0.05) is 216 Å². The molecule has 0 bridgehead atoms. The number of aliphatic hydroxyl groups is 11. The van der Waals surface area contributed by atoms with Crippen molar-refractivity contribution in [1.82, 2.24) is 5.32 Å². The lowest BCUT2D eigenvalue weighted by Gasteiger charge is -2.48. The van der Waals surface area contributed by atoms with Crippen LogP contribution in [0.2, 0.25) is 0 Å². The number of carbonyl (C=O) groups excluding carboxylic acids is 1. The Morgan fingerprint density at radius 1 is 0.446 bits per heavy atom. The average Bonchev–Trinajstić information content (AvgIpc) is 3.33. The summed E-state index contributed by atoms with van der Waals surface area (Å²) in [6, 6.07) is -1.01. The van der Waals surface area contributed by atoms with Gasteiger partial charge < -0.3 is 89.9 Å². The lowest BCUT2D eigenvalue weighted by molar-refractivity contribution is -0.379. The number of ether oxygens (including phenoxy) is 6. The maximum atomic E-state index is 13.3. The molecule has 0 spiro atoms. The summed E-state index contributed by atoms with van der Waals surface area (Å²) in [6.45, 7) is 1.55. The minimum absolute atomic E-state index is 0.120. The van der Waals surface area contributed by atoms with Crippen molar-refractivity contribution >= 4 is 5.91 Å². The van der Waals surface area contributed by atoms with Gasteiger partial charge in [0.05, 0.1) is 38.6 Å². The van der Waals surface area contributed by atoms with Gasteiger partial charge in [-0.2, -0.15) is 0 Å². The molecule has 0 saturated carbocycles. The zero-order valence-corrected chi connectivity index (χ0v) is 50.4. The second kappa shape index (κ2) is 46.6. The zero-order chi connectivity index (χ0) is 60.5. The molecular formula is C64H113NO18. The smallest absolute Gasteiger partial charge is 0.220 e. The predicted molar refractivity (Wildman–Crippen MR) is 318 cm³/mol. The van der Waals surface area contributed by atoms with Crippen LogP contribution in [0.25, 0.3) is 0 Å². The second-order valence-corrected chi connectivity index (χ2v) is 22.8. The Bertz CT molecular complexity index is 1750. The van der Waals surface area contributed by atoms with Crippen molar-refractivity contribution in [2.75, 3.05) is 26.4 Å². The van der Waals surface area contributed by atoms with E-state index in [1.165, 1.54) is 128 Å². The van der Waals surface area contributed by atoms with Gasteiger partial charge in [-0.15, -0.1) is 0 Å². The highest BCUT2D eigenvalue weighted by molar-refractivity contribution is 5.76. The van der Waals surface area contributed by atoms with Gasteiger partial charge in [-0.05, 0) is 44.9 Å². The Morgan fingerprint density at radius 2 is 0.831 bits per heavy atom. The lowest BCUT2D eigenvalue weighted by atomic mass is 9.96. The normalized spacial score (nSPS) is 29.8. The van der Waals surface area contributed by atoms with Gasteiger partial charge in [0.15, 0.2) is 18.9 Å². The Morgan fingerprint density at radius 3 is 1.28 bits per heavy atom.